The predicted molar refractivity (Wildman–Crippen MR) is 185 cm³/mol. The zero-order valence-electron chi connectivity index (χ0n) is 28.7. The molecule has 4 atom stereocenters. The number of hydrogen-bond donors (Lipinski definition) is 5. The van der Waals surface area contributed by atoms with Gasteiger partial charge in [-0.3, -0.25) is 9.59 Å². The third-order valence-corrected chi connectivity index (χ3v) is 9.47. The van der Waals surface area contributed by atoms with Crippen LogP contribution in [0.25, 0.3) is 33.6 Å². The minimum Gasteiger partial charge on any atom is -0.453 e. The van der Waals surface area contributed by atoms with Gasteiger partial charge in [-0.15, -0.1) is 0 Å². The highest BCUT2D eigenvalue weighted by atomic mass is 16.6. The Bertz CT molecular complexity index is 1890. The van der Waals surface area contributed by atoms with Gasteiger partial charge in [-0.1, -0.05) is 48.5 Å². The van der Waals surface area contributed by atoms with Gasteiger partial charge >= 0.3 is 12.2 Å². The summed E-state index contributed by atoms with van der Waals surface area (Å²) in [6.45, 7) is 3.93. The van der Waals surface area contributed by atoms with Crippen molar-refractivity contribution >= 4 is 24.0 Å². The number of aliphatic hydroxyl groups is 1. The minimum atomic E-state index is -0.987. The summed E-state index contributed by atoms with van der Waals surface area (Å²) in [5.74, 6) is 0.720. The van der Waals surface area contributed by atoms with E-state index in [-0.39, 0.29) is 30.5 Å². The summed E-state index contributed by atoms with van der Waals surface area (Å²) in [7, 11) is 1.25. The molecule has 15 heteroatoms. The lowest BCUT2D eigenvalue weighted by atomic mass is 10.0. The number of amides is 4. The predicted octanol–water partition coefficient (Wildman–Crippen LogP) is 4.18. The Morgan fingerprint density at radius 2 is 1.45 bits per heavy atom. The molecular weight excluding hydrogens is 656 g/mol. The van der Waals surface area contributed by atoms with Gasteiger partial charge in [-0.2, -0.15) is 0 Å². The van der Waals surface area contributed by atoms with Crippen LogP contribution in [-0.2, 0) is 25.7 Å². The Kier molecular flexibility index (Phi) is 10.4. The number of alkyl carbamates (subject to hydrolysis) is 1. The molecule has 2 fully saturated rings. The van der Waals surface area contributed by atoms with Crippen molar-refractivity contribution in [3.8, 4) is 33.6 Å². The third-order valence-electron chi connectivity index (χ3n) is 9.47. The number of primary amides is 1. The van der Waals surface area contributed by atoms with Gasteiger partial charge in [0.15, 0.2) is 6.10 Å². The monoisotopic (exact) mass is 698 g/mol. The number of likely N-dealkylation sites (tertiary alicyclic amines) is 2. The lowest BCUT2D eigenvalue weighted by molar-refractivity contribution is -0.140. The lowest BCUT2D eigenvalue weighted by Gasteiger charge is -2.26. The van der Waals surface area contributed by atoms with E-state index in [1.54, 1.807) is 16.7 Å². The molecule has 2 aromatic heterocycles. The van der Waals surface area contributed by atoms with Crippen LogP contribution in [0.3, 0.4) is 0 Å². The highest BCUT2D eigenvalue weighted by Gasteiger charge is 2.36. The number of aliphatic hydroxyl groups excluding tert-OH is 1. The number of methoxy groups -OCH3 is 1. The first kappa shape index (κ1) is 35.1. The van der Waals surface area contributed by atoms with Crippen molar-refractivity contribution in [2.75, 3.05) is 20.2 Å². The Labute approximate surface area is 294 Å². The van der Waals surface area contributed by atoms with Gasteiger partial charge in [-0.25, -0.2) is 19.6 Å². The zero-order valence-corrected chi connectivity index (χ0v) is 28.7. The van der Waals surface area contributed by atoms with E-state index in [4.69, 9.17) is 15.5 Å². The second-order valence-electron chi connectivity index (χ2n) is 12.7. The number of aromatic amines is 2. The fourth-order valence-electron chi connectivity index (χ4n) is 6.89. The Hall–Kier alpha value is -5.70. The normalized spacial score (nSPS) is 18.4. The molecule has 4 heterocycles. The molecule has 2 saturated heterocycles. The molecule has 0 radical (unpaired) electrons. The van der Waals surface area contributed by atoms with Crippen LogP contribution in [0.1, 0.15) is 69.0 Å². The molecule has 51 heavy (non-hydrogen) atoms. The number of aromatic nitrogens is 4. The van der Waals surface area contributed by atoms with Crippen LogP contribution < -0.4 is 11.1 Å². The van der Waals surface area contributed by atoms with Gasteiger partial charge < -0.3 is 45.4 Å². The Morgan fingerprint density at radius 1 is 0.882 bits per heavy atom. The summed E-state index contributed by atoms with van der Waals surface area (Å²) in [6, 6.07) is 14.6. The van der Waals surface area contributed by atoms with E-state index in [2.05, 4.69) is 25.0 Å². The van der Waals surface area contributed by atoms with E-state index in [0.29, 0.717) is 42.5 Å². The van der Waals surface area contributed by atoms with Crippen molar-refractivity contribution in [3.05, 3.63) is 72.1 Å². The number of nitrogens with zero attached hydrogens (tertiary/aromatic N) is 4. The van der Waals surface area contributed by atoms with Crippen molar-refractivity contribution in [2.45, 2.75) is 70.4 Å². The van der Waals surface area contributed by atoms with Gasteiger partial charge in [-0.05, 0) is 56.2 Å². The molecule has 4 aromatic rings. The van der Waals surface area contributed by atoms with Crippen LogP contribution in [0.15, 0.2) is 54.7 Å². The molecule has 2 aromatic carbocycles. The molecule has 6 rings (SSSR count). The molecule has 15 nitrogen and oxygen atoms in total. The van der Waals surface area contributed by atoms with Crippen molar-refractivity contribution in [3.63, 3.8) is 0 Å². The Morgan fingerprint density at radius 3 is 2.04 bits per heavy atom. The summed E-state index contributed by atoms with van der Waals surface area (Å²) < 4.78 is 9.53. The molecule has 2 aliphatic heterocycles. The van der Waals surface area contributed by atoms with E-state index in [1.165, 1.54) is 14.0 Å². The zero-order chi connectivity index (χ0) is 36.2. The molecule has 268 valence electrons. The molecule has 0 bridgehead atoms. The summed E-state index contributed by atoms with van der Waals surface area (Å²) >= 11 is 0. The molecule has 4 amide bonds. The lowest BCUT2D eigenvalue weighted by Crippen LogP contribution is -2.46. The molecule has 0 saturated carbocycles. The molecular formula is C36H42N8O7. The minimum absolute atomic E-state index is 0.231. The number of carbonyl (C=O) groups excluding carboxylic acids is 4. The van der Waals surface area contributed by atoms with Crippen molar-refractivity contribution in [2.24, 2.45) is 5.73 Å². The van der Waals surface area contributed by atoms with Gasteiger partial charge in [0.1, 0.15) is 17.7 Å². The van der Waals surface area contributed by atoms with Gasteiger partial charge in [0, 0.05) is 24.8 Å². The first-order chi connectivity index (χ1) is 24.6. The molecule has 0 spiro atoms. The summed E-state index contributed by atoms with van der Waals surface area (Å²) in [5, 5.41) is 12.7. The summed E-state index contributed by atoms with van der Waals surface area (Å²) in [5.41, 5.74) is 10.8. The van der Waals surface area contributed by atoms with Crippen LogP contribution >= 0.6 is 0 Å². The van der Waals surface area contributed by atoms with Crippen molar-refractivity contribution in [1.29, 1.82) is 0 Å². The standard InChI is InChI=1S/C36H42N8O7/c1-20(39-36(49)50-3)33(46)43-16-5-7-29(43)32-41-27(19-45)30(42-32)25-14-10-23(11-15-25)22-8-12-24(13-9-22)26-18-38-31(40-26)28-6-4-17-44(28)34(47)21(2)51-35(37)48/h8-15,18,20-21,28-29,45H,4-7,16-17,19H2,1-3H3,(H2,37,48)(H,38,40)(H,39,49)(H,41,42)/t20-,21-,28-,29-/m0/s1. The van der Waals surface area contributed by atoms with Gasteiger partial charge in [0.05, 0.1) is 42.9 Å². The van der Waals surface area contributed by atoms with Crippen LogP contribution in [0, 0.1) is 0 Å². The van der Waals surface area contributed by atoms with Crippen molar-refractivity contribution < 1.29 is 33.8 Å². The maximum atomic E-state index is 13.2. The first-order valence-electron chi connectivity index (χ1n) is 17.0. The molecule has 0 aliphatic carbocycles. The van der Waals surface area contributed by atoms with E-state index in [0.717, 1.165) is 47.2 Å². The Balaban J connectivity index is 1.14. The molecule has 2 aliphatic rings. The second-order valence-corrected chi connectivity index (χ2v) is 12.7. The number of hydrogen-bond acceptors (Lipinski definition) is 9. The topological polar surface area (TPSA) is 209 Å². The highest BCUT2D eigenvalue weighted by molar-refractivity contribution is 5.86. The summed E-state index contributed by atoms with van der Waals surface area (Å²) in [4.78, 5) is 68.3. The van der Waals surface area contributed by atoms with Gasteiger partial charge in [0.2, 0.25) is 5.91 Å². The van der Waals surface area contributed by atoms with E-state index < -0.39 is 24.3 Å². The third kappa shape index (κ3) is 7.43. The quantitative estimate of drug-likeness (QED) is 0.161. The van der Waals surface area contributed by atoms with E-state index in [1.807, 2.05) is 54.7 Å². The largest absolute Gasteiger partial charge is 0.453 e. The van der Waals surface area contributed by atoms with Crippen LogP contribution in [-0.4, -0.2) is 91.2 Å². The number of nitrogens with two attached hydrogens (primary N) is 1. The van der Waals surface area contributed by atoms with Crippen LogP contribution in [0.5, 0.6) is 0 Å². The van der Waals surface area contributed by atoms with E-state index >= 15 is 0 Å². The second kappa shape index (κ2) is 15.0. The number of carbonyl (C=O) groups is 4. The first-order valence-corrected chi connectivity index (χ1v) is 17.0. The SMILES string of the molecule is COC(=O)N[C@@H](C)C(=O)N1CCC[C@H]1c1nc(CO)c(-c2ccc(-c3ccc(-c4c[nH]c([C@@H]5CCCN5C(=O)[C@H](C)OC(N)=O)n4)cc3)cc2)[nH]1. The maximum absolute atomic E-state index is 13.2. The average Bonchev–Trinajstić information content (AvgIpc) is 3.97. The van der Waals surface area contributed by atoms with Crippen LogP contribution in [0.2, 0.25) is 0 Å². The van der Waals surface area contributed by atoms with Gasteiger partial charge in [0.25, 0.3) is 5.91 Å². The number of benzene rings is 2. The number of nitrogens with one attached hydrogen (secondary N) is 3. The average molecular weight is 699 g/mol. The summed E-state index contributed by atoms with van der Waals surface area (Å²) in [6.07, 6.45) is 2.23. The fourth-order valence-corrected chi connectivity index (χ4v) is 6.89. The maximum Gasteiger partial charge on any atom is 0.407 e. The molecule has 6 N–H and O–H groups in total. The number of rotatable bonds is 10. The number of H-pyrrole nitrogens is 2. The van der Waals surface area contributed by atoms with E-state index in [9.17, 15) is 24.3 Å². The van der Waals surface area contributed by atoms with Crippen LogP contribution in [0.4, 0.5) is 9.59 Å². The number of ether oxygens (including phenoxy) is 2. The highest BCUT2D eigenvalue weighted by Crippen LogP contribution is 2.35. The number of imidazole rings is 2. The molecule has 0 unspecified atom stereocenters. The smallest absolute Gasteiger partial charge is 0.407 e. The fraction of sp³-hybridized carbons (Fsp3) is 0.389. The van der Waals surface area contributed by atoms with Crippen molar-refractivity contribution in [1.82, 2.24) is 35.1 Å².